The number of nitrogens with zero attached hydrogens (tertiary/aromatic N) is 5. The largest absolute Gasteiger partial charge is 0.319 e. The Morgan fingerprint density at radius 2 is 0.800 bits per heavy atom. The van der Waals surface area contributed by atoms with E-state index in [0.29, 0.717) is 5.95 Å². The van der Waals surface area contributed by atoms with E-state index < -0.39 is 0 Å². The van der Waals surface area contributed by atoms with E-state index in [1.54, 1.807) is 0 Å². The molecule has 12 aromatic rings. The molecule has 0 fully saturated rings. The van der Waals surface area contributed by atoms with E-state index >= 15 is 0 Å². The van der Waals surface area contributed by atoms with Crippen LogP contribution < -0.4 is 10.6 Å². The molecule has 0 radical (unpaired) electrons. The molecule has 0 bridgehead atoms. The maximum absolute atomic E-state index is 4.90. The number of hydrogen-bond donors (Lipinski definition) is 2. The average molecular weight is 838 g/mol. The van der Waals surface area contributed by atoms with Gasteiger partial charge in [0.25, 0.3) is 0 Å². The lowest BCUT2D eigenvalue weighted by Crippen LogP contribution is -2.16. The summed E-state index contributed by atoms with van der Waals surface area (Å²) >= 11 is 0. The number of hydrogen-bond acceptors (Lipinski definition) is 4. The van der Waals surface area contributed by atoms with Crippen molar-refractivity contribution in [2.24, 2.45) is 0 Å². The summed E-state index contributed by atoms with van der Waals surface area (Å²) < 4.78 is 7.17. The van der Waals surface area contributed by atoms with Crippen LogP contribution in [-0.4, -0.2) is 50.9 Å². The Morgan fingerprint density at radius 3 is 1.29 bits per heavy atom. The lowest BCUT2D eigenvalue weighted by Gasteiger charge is -2.14. The summed E-state index contributed by atoms with van der Waals surface area (Å²) in [4.78, 5) is 9.80. The molecular weight excluding hydrogens is 795 g/mol. The van der Waals surface area contributed by atoms with Gasteiger partial charge in [-0.05, 0) is 125 Å². The normalized spacial score (nSPS) is 15.2. The molecule has 4 aromatic heterocycles. The summed E-state index contributed by atoms with van der Waals surface area (Å²) in [7, 11) is 4.11. The maximum Gasteiger partial charge on any atom is 0.234 e. The molecule has 0 saturated heterocycles. The molecule has 0 aliphatic heterocycles. The topological polar surface area (TPSA) is 64.6 Å². The van der Waals surface area contributed by atoms with E-state index in [4.69, 9.17) is 9.97 Å². The molecule has 14 rings (SSSR count). The SMILES string of the molecule is CNCC1c2ccccc2-c2cc3c4ccccc4n(-c4ccc5c6ccc(-n7c8ccccc8c8cc9c(cc87)C(CNC)c7ccccc7-9)cc6n(-c6ncccn6)c5c4)c3cc21. The van der Waals surface area contributed by atoms with E-state index in [2.05, 4.69) is 196 Å². The molecule has 2 atom stereocenters. The minimum absolute atomic E-state index is 0.276. The molecule has 2 unspecified atom stereocenters. The first-order chi connectivity index (χ1) is 32.2. The molecule has 4 heterocycles. The summed E-state index contributed by atoms with van der Waals surface area (Å²) in [5.74, 6) is 1.19. The predicted octanol–water partition coefficient (Wildman–Crippen LogP) is 12.4. The number of likely N-dealkylation sites (N-methyl/N-ethyl adjacent to an activating group) is 2. The molecule has 8 aromatic carbocycles. The summed E-state index contributed by atoms with van der Waals surface area (Å²) in [5, 5.41) is 14.3. The van der Waals surface area contributed by atoms with E-state index in [1.807, 2.05) is 18.5 Å². The van der Waals surface area contributed by atoms with Crippen molar-refractivity contribution >= 4 is 65.4 Å². The molecule has 7 heteroatoms. The highest BCUT2D eigenvalue weighted by Crippen LogP contribution is 2.50. The van der Waals surface area contributed by atoms with Gasteiger partial charge in [0, 0.05) is 81.0 Å². The highest BCUT2D eigenvalue weighted by Gasteiger charge is 2.32. The van der Waals surface area contributed by atoms with Crippen LogP contribution in [0.15, 0.2) is 176 Å². The van der Waals surface area contributed by atoms with Crippen LogP contribution in [0.2, 0.25) is 0 Å². The molecule has 2 aliphatic rings. The molecule has 0 spiro atoms. The Labute approximate surface area is 375 Å². The molecular formula is C58H43N7. The fraction of sp³-hybridized carbons (Fsp3) is 0.103. The maximum atomic E-state index is 4.90. The lowest BCUT2D eigenvalue weighted by molar-refractivity contribution is 0.720. The highest BCUT2D eigenvalue weighted by atomic mass is 15.2. The first kappa shape index (κ1) is 36.6. The lowest BCUT2D eigenvalue weighted by atomic mass is 9.96. The van der Waals surface area contributed by atoms with Gasteiger partial charge in [-0.3, -0.25) is 4.57 Å². The zero-order chi connectivity index (χ0) is 42.9. The van der Waals surface area contributed by atoms with E-state index in [1.165, 1.54) is 88.1 Å². The third kappa shape index (κ3) is 5.08. The second kappa shape index (κ2) is 13.8. The van der Waals surface area contributed by atoms with Crippen molar-refractivity contribution < 1.29 is 0 Å². The van der Waals surface area contributed by atoms with Gasteiger partial charge in [0.15, 0.2) is 0 Å². The van der Waals surface area contributed by atoms with E-state index in [-0.39, 0.29) is 11.8 Å². The minimum Gasteiger partial charge on any atom is -0.319 e. The summed E-state index contributed by atoms with van der Waals surface area (Å²) in [6.07, 6.45) is 3.68. The molecule has 2 N–H and O–H groups in total. The Hall–Kier alpha value is -7.84. The number of benzene rings is 8. The number of aromatic nitrogens is 5. The van der Waals surface area contributed by atoms with E-state index in [9.17, 15) is 0 Å². The monoisotopic (exact) mass is 837 g/mol. The Morgan fingerprint density at radius 1 is 0.369 bits per heavy atom. The van der Waals surface area contributed by atoms with Crippen LogP contribution in [0, 0.1) is 0 Å². The minimum atomic E-state index is 0.276. The summed E-state index contributed by atoms with van der Waals surface area (Å²) in [6.45, 7) is 1.76. The quantitative estimate of drug-likeness (QED) is 0.168. The fourth-order valence-electron chi connectivity index (χ4n) is 11.8. The second-order valence-corrected chi connectivity index (χ2v) is 17.8. The van der Waals surface area contributed by atoms with Crippen LogP contribution in [-0.2, 0) is 0 Å². The fourth-order valence-corrected chi connectivity index (χ4v) is 11.8. The Balaban J connectivity index is 1.00. The zero-order valence-electron chi connectivity index (χ0n) is 36.0. The highest BCUT2D eigenvalue weighted by molar-refractivity contribution is 6.15. The van der Waals surface area contributed by atoms with Gasteiger partial charge >= 0.3 is 0 Å². The van der Waals surface area contributed by atoms with Gasteiger partial charge in [-0.15, -0.1) is 0 Å². The molecule has 0 amide bonds. The number of fused-ring (bicyclic) bond motifs is 15. The van der Waals surface area contributed by atoms with Gasteiger partial charge in [-0.25, -0.2) is 9.97 Å². The molecule has 7 nitrogen and oxygen atoms in total. The smallest absolute Gasteiger partial charge is 0.234 e. The van der Waals surface area contributed by atoms with Crippen molar-refractivity contribution in [3.8, 4) is 39.6 Å². The summed E-state index contributed by atoms with van der Waals surface area (Å²) in [6, 6.07) is 61.0. The van der Waals surface area contributed by atoms with Gasteiger partial charge in [0.1, 0.15) is 0 Å². The predicted molar refractivity (Wildman–Crippen MR) is 267 cm³/mol. The van der Waals surface area contributed by atoms with Crippen molar-refractivity contribution in [3.05, 3.63) is 198 Å². The Kier molecular flexibility index (Phi) is 7.79. The first-order valence-electron chi connectivity index (χ1n) is 22.7. The molecule has 310 valence electrons. The second-order valence-electron chi connectivity index (χ2n) is 17.8. The van der Waals surface area contributed by atoms with Crippen LogP contribution in [0.5, 0.6) is 0 Å². The van der Waals surface area contributed by atoms with Gasteiger partial charge in [-0.2, -0.15) is 0 Å². The average Bonchev–Trinajstić information content (AvgIpc) is 4.12. The van der Waals surface area contributed by atoms with Crippen LogP contribution in [0.4, 0.5) is 0 Å². The standard InChI is InChI=1S/C58H43N7/c1-59-32-50-38-14-5-3-12-36(38)44-28-48-40-16-7-9-18-52(40)63(56(48)30-46(44)50)34-20-22-42-43-23-21-35(27-55(43)65(54(42)26-34)58-61-24-11-25-62-58)64-53-19-10-8-17-41(53)49-29-45-37-13-4-6-15-39(37)51(33-60-2)47(45)31-57(49)64/h3-31,50-51,59-60H,32-33H2,1-2H3. The third-order valence-electron chi connectivity index (χ3n) is 14.5. The van der Waals surface area contributed by atoms with Crippen molar-refractivity contribution in [3.63, 3.8) is 0 Å². The van der Waals surface area contributed by atoms with Crippen molar-refractivity contribution in [1.29, 1.82) is 0 Å². The van der Waals surface area contributed by atoms with Crippen LogP contribution in [0.1, 0.15) is 34.1 Å². The van der Waals surface area contributed by atoms with Gasteiger partial charge < -0.3 is 19.8 Å². The van der Waals surface area contributed by atoms with Crippen molar-refractivity contribution in [2.45, 2.75) is 11.8 Å². The van der Waals surface area contributed by atoms with Crippen molar-refractivity contribution in [1.82, 2.24) is 34.3 Å². The number of nitrogens with one attached hydrogen (secondary N) is 2. The van der Waals surface area contributed by atoms with E-state index in [0.717, 1.165) is 46.3 Å². The zero-order valence-corrected chi connectivity index (χ0v) is 36.0. The molecule has 65 heavy (non-hydrogen) atoms. The Bertz CT molecular complexity index is 3710. The first-order valence-corrected chi connectivity index (χ1v) is 22.7. The van der Waals surface area contributed by atoms with Gasteiger partial charge in [0.2, 0.25) is 5.95 Å². The van der Waals surface area contributed by atoms with Crippen LogP contribution in [0.3, 0.4) is 0 Å². The molecule has 2 aliphatic carbocycles. The summed E-state index contributed by atoms with van der Waals surface area (Å²) in [5.41, 5.74) is 19.9. The van der Waals surface area contributed by atoms with Crippen LogP contribution >= 0.6 is 0 Å². The van der Waals surface area contributed by atoms with Crippen LogP contribution in [0.25, 0.3) is 105 Å². The third-order valence-corrected chi connectivity index (χ3v) is 14.5. The number of para-hydroxylation sites is 2. The van der Waals surface area contributed by atoms with Crippen molar-refractivity contribution in [2.75, 3.05) is 27.2 Å². The van der Waals surface area contributed by atoms with Gasteiger partial charge in [-0.1, -0.05) is 97.1 Å². The van der Waals surface area contributed by atoms with Gasteiger partial charge in [0.05, 0.1) is 33.1 Å². The molecule has 0 saturated carbocycles. The number of rotatable bonds is 7.